The van der Waals surface area contributed by atoms with Crippen molar-refractivity contribution in [2.75, 3.05) is 17.6 Å². The number of aromatic amines is 1. The van der Waals surface area contributed by atoms with Gasteiger partial charge in [-0.25, -0.2) is 29.5 Å². The van der Waals surface area contributed by atoms with E-state index in [4.69, 9.17) is 15.9 Å². The lowest BCUT2D eigenvalue weighted by atomic mass is 10.3. The molecule has 2 aromatic rings. The molecule has 2 heterocycles. The molecule has 0 spiro atoms. The number of rotatable bonds is 9. The number of hydrogen-bond donors (Lipinski definition) is 5. The molecule has 0 saturated heterocycles. The van der Waals surface area contributed by atoms with E-state index in [9.17, 15) is 22.8 Å². The van der Waals surface area contributed by atoms with Crippen molar-refractivity contribution in [1.82, 2.24) is 19.9 Å². The summed E-state index contributed by atoms with van der Waals surface area (Å²) in [6, 6.07) is 1.50. The Hall–Kier alpha value is -3.62. The standard InChI is InChI=1S/C13H16F3N7S.C4H4O4/c14-13(15,16)8-21-11(17)22-10-3-4-20-12(23-10)24-7-1-2-9-18-5-6-19-9;5-3(6)1-2-4(7)8/h3-6H,1-2,7-8H2,(H,18,19)(H3,17,20,21,22,23);1-2H,(H,5,6)(H,7,8). The molecule has 0 unspecified atom stereocenters. The highest BCUT2D eigenvalue weighted by Gasteiger charge is 2.26. The van der Waals surface area contributed by atoms with Crippen molar-refractivity contribution in [3.63, 3.8) is 0 Å². The number of aliphatic carboxylic acids is 2. The van der Waals surface area contributed by atoms with Crippen LogP contribution in [-0.4, -0.2) is 66.5 Å². The highest BCUT2D eigenvalue weighted by atomic mass is 32.2. The molecule has 0 aliphatic rings. The van der Waals surface area contributed by atoms with Gasteiger partial charge in [0.15, 0.2) is 11.1 Å². The van der Waals surface area contributed by atoms with Crippen LogP contribution in [0.5, 0.6) is 0 Å². The first kappa shape index (κ1) is 26.4. The number of halogens is 3. The number of thioether (sulfide) groups is 1. The molecule has 0 atom stereocenters. The SMILES string of the molecule is NC(=NCC(F)(F)F)Nc1ccnc(SCCCc2ncc[nH]2)n1.O=C(O)C=CC(=O)O. The molecule has 11 nitrogen and oxygen atoms in total. The first-order valence-corrected chi connectivity index (χ1v) is 9.75. The Bertz CT molecular complexity index is 905. The van der Waals surface area contributed by atoms with Gasteiger partial charge in [0.25, 0.3) is 0 Å². The van der Waals surface area contributed by atoms with Crippen LogP contribution in [0.4, 0.5) is 19.0 Å². The third-order valence-corrected chi connectivity index (χ3v) is 3.98. The molecule has 0 radical (unpaired) electrons. The Kier molecular flexibility index (Phi) is 11.3. The molecule has 0 amide bonds. The Morgan fingerprint density at radius 3 is 2.47 bits per heavy atom. The minimum atomic E-state index is -4.40. The fourth-order valence-corrected chi connectivity index (χ4v) is 2.58. The minimum Gasteiger partial charge on any atom is -0.478 e. The topological polar surface area (TPSA) is 179 Å². The number of carbonyl (C=O) groups is 2. The second-order valence-corrected chi connectivity index (χ2v) is 6.73. The van der Waals surface area contributed by atoms with Crippen LogP contribution in [0.1, 0.15) is 12.2 Å². The first-order valence-electron chi connectivity index (χ1n) is 8.77. The molecule has 0 saturated carbocycles. The summed E-state index contributed by atoms with van der Waals surface area (Å²) in [5, 5.41) is 18.6. The van der Waals surface area contributed by atoms with Crippen molar-refractivity contribution in [2.24, 2.45) is 10.7 Å². The molecular weight excluding hydrogens is 455 g/mol. The van der Waals surface area contributed by atoms with E-state index in [2.05, 4.69) is 30.2 Å². The summed E-state index contributed by atoms with van der Waals surface area (Å²) in [5.41, 5.74) is 5.40. The summed E-state index contributed by atoms with van der Waals surface area (Å²) in [4.78, 5) is 37.7. The quantitative estimate of drug-likeness (QED) is 0.0898. The Morgan fingerprint density at radius 2 is 1.91 bits per heavy atom. The summed E-state index contributed by atoms with van der Waals surface area (Å²) < 4.78 is 36.2. The maximum absolute atomic E-state index is 12.1. The molecule has 6 N–H and O–H groups in total. The van der Waals surface area contributed by atoms with Crippen molar-refractivity contribution >= 4 is 35.5 Å². The highest BCUT2D eigenvalue weighted by molar-refractivity contribution is 7.99. The van der Waals surface area contributed by atoms with Gasteiger partial charge in [0, 0.05) is 42.9 Å². The molecule has 0 aliphatic heterocycles. The van der Waals surface area contributed by atoms with Crippen LogP contribution in [0.2, 0.25) is 0 Å². The van der Waals surface area contributed by atoms with E-state index >= 15 is 0 Å². The number of carboxylic acids is 2. The van der Waals surface area contributed by atoms with Crippen LogP contribution in [0.3, 0.4) is 0 Å². The maximum Gasteiger partial charge on any atom is 0.408 e. The van der Waals surface area contributed by atoms with Gasteiger partial charge in [-0.15, -0.1) is 0 Å². The van der Waals surface area contributed by atoms with Gasteiger partial charge in [-0.05, 0) is 12.5 Å². The monoisotopic (exact) mass is 475 g/mol. The van der Waals surface area contributed by atoms with E-state index in [1.165, 1.54) is 24.0 Å². The number of anilines is 1. The van der Waals surface area contributed by atoms with Crippen LogP contribution in [0, 0.1) is 0 Å². The van der Waals surface area contributed by atoms with E-state index < -0.39 is 24.7 Å². The zero-order chi connectivity index (χ0) is 24.0. The number of aryl methyl sites for hydroxylation is 1. The first-order chi connectivity index (χ1) is 15.0. The fraction of sp³-hybridized carbons (Fsp3) is 0.294. The average Bonchev–Trinajstić information content (AvgIpc) is 3.22. The van der Waals surface area contributed by atoms with Crippen molar-refractivity contribution in [3.8, 4) is 0 Å². The molecular formula is C17H20F3N7O4S. The lowest BCUT2D eigenvalue weighted by Gasteiger charge is -2.07. The number of nitrogens with zero attached hydrogens (tertiary/aromatic N) is 4. The molecule has 2 rings (SSSR count). The predicted octanol–water partition coefficient (Wildman–Crippen LogP) is 1.93. The molecule has 0 fully saturated rings. The zero-order valence-corrected chi connectivity index (χ0v) is 17.2. The van der Waals surface area contributed by atoms with E-state index in [0.29, 0.717) is 23.1 Å². The second-order valence-electron chi connectivity index (χ2n) is 5.66. The summed E-state index contributed by atoms with van der Waals surface area (Å²) in [6.45, 7) is -1.34. The molecule has 32 heavy (non-hydrogen) atoms. The van der Waals surface area contributed by atoms with E-state index in [0.717, 1.165) is 24.4 Å². The highest BCUT2D eigenvalue weighted by Crippen LogP contribution is 2.17. The summed E-state index contributed by atoms with van der Waals surface area (Å²) in [5.74, 6) is -0.871. The van der Waals surface area contributed by atoms with Crippen molar-refractivity contribution in [3.05, 3.63) is 42.6 Å². The molecule has 0 bridgehead atoms. The van der Waals surface area contributed by atoms with Crippen LogP contribution in [-0.2, 0) is 16.0 Å². The lowest BCUT2D eigenvalue weighted by molar-refractivity contribution is -0.134. The average molecular weight is 475 g/mol. The zero-order valence-electron chi connectivity index (χ0n) is 16.4. The predicted molar refractivity (Wildman–Crippen MR) is 110 cm³/mol. The van der Waals surface area contributed by atoms with Gasteiger partial charge in [-0.1, -0.05) is 11.8 Å². The van der Waals surface area contributed by atoms with Crippen molar-refractivity contribution in [2.45, 2.75) is 24.2 Å². The van der Waals surface area contributed by atoms with Gasteiger partial charge in [-0.2, -0.15) is 13.2 Å². The van der Waals surface area contributed by atoms with Crippen molar-refractivity contribution in [1.29, 1.82) is 0 Å². The van der Waals surface area contributed by atoms with Gasteiger partial charge >= 0.3 is 18.1 Å². The molecule has 0 aromatic carbocycles. The molecule has 2 aromatic heterocycles. The normalized spacial score (nSPS) is 11.7. The van der Waals surface area contributed by atoms with Crippen LogP contribution in [0.15, 0.2) is 47.0 Å². The van der Waals surface area contributed by atoms with E-state index in [1.54, 1.807) is 12.4 Å². The maximum atomic E-state index is 12.1. The Balaban J connectivity index is 0.000000547. The minimum absolute atomic E-state index is 0.293. The van der Waals surface area contributed by atoms with Gasteiger partial charge in [0.1, 0.15) is 18.2 Å². The number of guanidine groups is 1. The lowest BCUT2D eigenvalue weighted by Crippen LogP contribution is -2.26. The largest absolute Gasteiger partial charge is 0.478 e. The number of alkyl halides is 3. The van der Waals surface area contributed by atoms with Gasteiger partial charge in [0.2, 0.25) is 0 Å². The van der Waals surface area contributed by atoms with Crippen LogP contribution in [0.25, 0.3) is 0 Å². The third kappa shape index (κ3) is 13.6. The third-order valence-electron chi connectivity index (χ3n) is 3.03. The smallest absolute Gasteiger partial charge is 0.408 e. The van der Waals surface area contributed by atoms with Gasteiger partial charge in [-0.3, -0.25) is 0 Å². The molecule has 174 valence electrons. The number of nitrogens with one attached hydrogen (secondary N) is 2. The summed E-state index contributed by atoms with van der Waals surface area (Å²) in [7, 11) is 0. The number of nitrogens with two attached hydrogens (primary N) is 1. The van der Waals surface area contributed by atoms with Crippen LogP contribution < -0.4 is 11.1 Å². The van der Waals surface area contributed by atoms with Crippen LogP contribution >= 0.6 is 11.8 Å². The number of hydrogen-bond acceptors (Lipinski definition) is 7. The fourth-order valence-electron chi connectivity index (χ4n) is 1.81. The van der Waals surface area contributed by atoms with Gasteiger partial charge < -0.3 is 26.2 Å². The summed E-state index contributed by atoms with van der Waals surface area (Å²) >= 11 is 1.44. The number of carboxylic acid groups (broad SMARTS) is 2. The number of aromatic nitrogens is 4. The second kappa shape index (κ2) is 13.6. The Morgan fingerprint density at radius 1 is 1.22 bits per heavy atom. The molecule has 0 aliphatic carbocycles. The van der Waals surface area contributed by atoms with Crippen molar-refractivity contribution < 1.29 is 33.0 Å². The Labute approximate surface area is 184 Å². The van der Waals surface area contributed by atoms with Gasteiger partial charge in [0.05, 0.1) is 0 Å². The van der Waals surface area contributed by atoms with E-state index in [1.807, 2.05) is 0 Å². The van der Waals surface area contributed by atoms with E-state index in [-0.39, 0.29) is 5.96 Å². The molecule has 15 heteroatoms. The number of H-pyrrole nitrogens is 1. The number of aliphatic imine (C=N–C) groups is 1. The summed E-state index contributed by atoms with van der Waals surface area (Å²) in [6.07, 6.45) is 3.39. The number of imidazole rings is 1.